The van der Waals surface area contributed by atoms with Crippen molar-refractivity contribution in [3.8, 4) is 0 Å². The summed E-state index contributed by atoms with van der Waals surface area (Å²) < 4.78 is 5.13. The van der Waals surface area contributed by atoms with Crippen LogP contribution < -0.4 is 10.6 Å². The van der Waals surface area contributed by atoms with Gasteiger partial charge in [-0.3, -0.25) is 14.4 Å². The van der Waals surface area contributed by atoms with Crippen LogP contribution >= 0.6 is 0 Å². The number of carbonyl (C=O) groups is 3. The van der Waals surface area contributed by atoms with Gasteiger partial charge >= 0.3 is 5.97 Å². The maximum absolute atomic E-state index is 12.3. The minimum atomic E-state index is -0.985. The molecule has 0 aromatic heterocycles. The average Bonchev–Trinajstić information content (AvgIpc) is 2.67. The van der Waals surface area contributed by atoms with Crippen molar-refractivity contribution in [1.82, 2.24) is 5.32 Å². The first-order chi connectivity index (χ1) is 14.0. The minimum Gasteiger partial charge on any atom is -0.451 e. The standard InChI is InChI=1S/C24H30N2O4/c1-15-7-12-20(16(2)13-15)26-22(28)17(3)30-21(27)14-25-23(29)18-8-10-19(11-9-18)24(4,5)6/h7-13,17H,14H2,1-6H3,(H,25,29)(H,26,28)/t17-/m1/s1. The second-order valence-corrected chi connectivity index (χ2v) is 8.45. The third-order valence-electron chi connectivity index (χ3n) is 4.72. The first-order valence-electron chi connectivity index (χ1n) is 9.93. The third kappa shape index (κ3) is 6.44. The first kappa shape index (κ1) is 23.1. The number of nitrogens with one attached hydrogen (secondary N) is 2. The largest absolute Gasteiger partial charge is 0.451 e. The Morgan fingerprint density at radius 3 is 2.20 bits per heavy atom. The van der Waals surface area contributed by atoms with Crippen LogP contribution in [-0.4, -0.2) is 30.4 Å². The zero-order valence-corrected chi connectivity index (χ0v) is 18.5. The van der Waals surface area contributed by atoms with E-state index < -0.39 is 18.0 Å². The van der Waals surface area contributed by atoms with E-state index in [1.165, 1.54) is 6.92 Å². The number of aryl methyl sites for hydroxylation is 2. The average molecular weight is 411 g/mol. The van der Waals surface area contributed by atoms with Crippen molar-refractivity contribution in [3.63, 3.8) is 0 Å². The van der Waals surface area contributed by atoms with Crippen LogP contribution in [0, 0.1) is 13.8 Å². The molecule has 0 unspecified atom stereocenters. The van der Waals surface area contributed by atoms with Gasteiger partial charge in [0, 0.05) is 11.3 Å². The molecule has 2 aromatic carbocycles. The highest BCUT2D eigenvalue weighted by atomic mass is 16.5. The molecule has 6 heteroatoms. The van der Waals surface area contributed by atoms with E-state index in [1.54, 1.807) is 12.1 Å². The molecule has 2 rings (SSSR count). The molecule has 0 aliphatic rings. The monoisotopic (exact) mass is 410 g/mol. The number of esters is 1. The van der Waals surface area contributed by atoms with Gasteiger partial charge in [-0.05, 0) is 55.5 Å². The number of hydrogen-bond acceptors (Lipinski definition) is 4. The molecule has 2 N–H and O–H groups in total. The van der Waals surface area contributed by atoms with Gasteiger partial charge in [0.2, 0.25) is 0 Å². The molecule has 0 heterocycles. The summed E-state index contributed by atoms with van der Waals surface area (Å²) in [5.41, 5.74) is 4.24. The van der Waals surface area contributed by atoms with Crippen LogP contribution in [0.5, 0.6) is 0 Å². The van der Waals surface area contributed by atoms with Gasteiger partial charge in [-0.1, -0.05) is 50.6 Å². The molecule has 0 aliphatic heterocycles. The molecular formula is C24H30N2O4. The Balaban J connectivity index is 1.84. The summed E-state index contributed by atoms with van der Waals surface area (Å²) in [5.74, 6) is -1.49. The summed E-state index contributed by atoms with van der Waals surface area (Å²) in [6, 6.07) is 12.9. The summed E-state index contributed by atoms with van der Waals surface area (Å²) in [5, 5.41) is 5.27. The molecule has 0 spiro atoms. The summed E-state index contributed by atoms with van der Waals surface area (Å²) in [6.45, 7) is 11.3. The van der Waals surface area contributed by atoms with Crippen molar-refractivity contribution in [3.05, 3.63) is 64.7 Å². The Kier molecular flexibility index (Phi) is 7.38. The molecule has 0 saturated heterocycles. The van der Waals surface area contributed by atoms with Crippen molar-refractivity contribution in [2.24, 2.45) is 0 Å². The Labute approximate surface area is 178 Å². The van der Waals surface area contributed by atoms with Gasteiger partial charge in [0.15, 0.2) is 6.10 Å². The maximum Gasteiger partial charge on any atom is 0.326 e. The molecule has 0 saturated carbocycles. The zero-order valence-electron chi connectivity index (χ0n) is 18.5. The lowest BCUT2D eigenvalue weighted by molar-refractivity contribution is -0.152. The lowest BCUT2D eigenvalue weighted by Crippen LogP contribution is -2.36. The van der Waals surface area contributed by atoms with Crippen LogP contribution in [0.3, 0.4) is 0 Å². The number of rotatable bonds is 6. The molecule has 6 nitrogen and oxygen atoms in total. The van der Waals surface area contributed by atoms with E-state index in [4.69, 9.17) is 4.74 Å². The smallest absolute Gasteiger partial charge is 0.326 e. The Hall–Kier alpha value is -3.15. The fraction of sp³-hybridized carbons (Fsp3) is 0.375. The molecule has 1 atom stereocenters. The number of ether oxygens (including phenoxy) is 1. The molecule has 0 fully saturated rings. The molecule has 0 bridgehead atoms. The van der Waals surface area contributed by atoms with E-state index in [1.807, 2.05) is 44.2 Å². The highest BCUT2D eigenvalue weighted by molar-refractivity contribution is 5.97. The number of anilines is 1. The second-order valence-electron chi connectivity index (χ2n) is 8.45. The Bertz CT molecular complexity index is 927. The van der Waals surface area contributed by atoms with Crippen LogP contribution in [0.1, 0.15) is 54.7 Å². The summed E-state index contributed by atoms with van der Waals surface area (Å²) in [6.07, 6.45) is -0.985. The van der Waals surface area contributed by atoms with Crippen LogP contribution in [0.15, 0.2) is 42.5 Å². The van der Waals surface area contributed by atoms with Gasteiger partial charge in [-0.15, -0.1) is 0 Å². The molecule has 30 heavy (non-hydrogen) atoms. The molecule has 2 amide bonds. The zero-order chi connectivity index (χ0) is 22.5. The number of hydrogen-bond donors (Lipinski definition) is 2. The van der Waals surface area contributed by atoms with E-state index in [9.17, 15) is 14.4 Å². The summed E-state index contributed by atoms with van der Waals surface area (Å²) >= 11 is 0. The topological polar surface area (TPSA) is 84.5 Å². The lowest BCUT2D eigenvalue weighted by Gasteiger charge is -2.19. The predicted octanol–water partition coefficient (Wildman–Crippen LogP) is 3.90. The molecule has 2 aromatic rings. The number of carbonyl (C=O) groups excluding carboxylic acids is 3. The fourth-order valence-corrected chi connectivity index (χ4v) is 2.86. The molecular weight excluding hydrogens is 380 g/mol. The molecule has 0 radical (unpaired) electrons. The van der Waals surface area contributed by atoms with Gasteiger partial charge in [-0.25, -0.2) is 0 Å². The fourth-order valence-electron chi connectivity index (χ4n) is 2.86. The Morgan fingerprint density at radius 1 is 1.00 bits per heavy atom. The van der Waals surface area contributed by atoms with Crippen molar-refractivity contribution in [1.29, 1.82) is 0 Å². The van der Waals surface area contributed by atoms with Gasteiger partial charge in [-0.2, -0.15) is 0 Å². The highest BCUT2D eigenvalue weighted by Crippen LogP contribution is 2.22. The van der Waals surface area contributed by atoms with Gasteiger partial charge in [0.05, 0.1) is 0 Å². The van der Waals surface area contributed by atoms with Gasteiger partial charge in [0.1, 0.15) is 6.54 Å². The Morgan fingerprint density at radius 2 is 1.63 bits per heavy atom. The maximum atomic E-state index is 12.3. The number of benzene rings is 2. The minimum absolute atomic E-state index is 0.00730. The van der Waals surface area contributed by atoms with E-state index in [-0.39, 0.29) is 17.9 Å². The quantitative estimate of drug-likeness (QED) is 0.708. The van der Waals surface area contributed by atoms with E-state index in [0.29, 0.717) is 11.3 Å². The third-order valence-corrected chi connectivity index (χ3v) is 4.72. The van der Waals surface area contributed by atoms with E-state index >= 15 is 0 Å². The lowest BCUT2D eigenvalue weighted by atomic mass is 9.87. The van der Waals surface area contributed by atoms with E-state index in [0.717, 1.165) is 16.7 Å². The van der Waals surface area contributed by atoms with Gasteiger partial charge in [0.25, 0.3) is 11.8 Å². The number of amides is 2. The molecule has 0 aliphatic carbocycles. The van der Waals surface area contributed by atoms with Crippen molar-refractivity contribution >= 4 is 23.5 Å². The highest BCUT2D eigenvalue weighted by Gasteiger charge is 2.19. The van der Waals surface area contributed by atoms with Crippen molar-refractivity contribution in [2.75, 3.05) is 11.9 Å². The van der Waals surface area contributed by atoms with Crippen LogP contribution in [0.2, 0.25) is 0 Å². The van der Waals surface area contributed by atoms with E-state index in [2.05, 4.69) is 31.4 Å². The van der Waals surface area contributed by atoms with Crippen LogP contribution in [-0.2, 0) is 19.7 Å². The predicted molar refractivity (Wildman–Crippen MR) is 118 cm³/mol. The molecule has 160 valence electrons. The van der Waals surface area contributed by atoms with Crippen molar-refractivity contribution in [2.45, 2.75) is 53.1 Å². The van der Waals surface area contributed by atoms with Crippen LogP contribution in [0.25, 0.3) is 0 Å². The van der Waals surface area contributed by atoms with Crippen LogP contribution in [0.4, 0.5) is 5.69 Å². The normalized spacial score (nSPS) is 12.1. The first-order valence-corrected chi connectivity index (χ1v) is 9.93. The van der Waals surface area contributed by atoms with Crippen molar-refractivity contribution < 1.29 is 19.1 Å². The summed E-state index contributed by atoms with van der Waals surface area (Å²) in [7, 11) is 0. The van der Waals surface area contributed by atoms with Gasteiger partial charge < -0.3 is 15.4 Å². The summed E-state index contributed by atoms with van der Waals surface area (Å²) in [4.78, 5) is 36.5. The SMILES string of the molecule is Cc1ccc(NC(=O)[C@@H](C)OC(=O)CNC(=O)c2ccc(C(C)(C)C)cc2)c(C)c1. The second kappa shape index (κ2) is 9.57.